The van der Waals surface area contributed by atoms with Gasteiger partial charge in [0.25, 0.3) is 11.6 Å². The third-order valence-corrected chi connectivity index (χ3v) is 6.75. The minimum absolute atomic E-state index is 0.0213. The largest absolute Gasteiger partial charge is 0.490 e. The fourth-order valence-corrected chi connectivity index (χ4v) is 4.74. The average molecular weight is 530 g/mol. The first-order valence-corrected chi connectivity index (χ1v) is 12.8. The highest BCUT2D eigenvalue weighted by Crippen LogP contribution is 2.34. The van der Waals surface area contributed by atoms with Gasteiger partial charge in [-0.25, -0.2) is 5.43 Å². The molecule has 8 nitrogen and oxygen atoms in total. The summed E-state index contributed by atoms with van der Waals surface area (Å²) in [5.74, 6) is 0.824. The second-order valence-corrected chi connectivity index (χ2v) is 9.58. The molecule has 0 saturated heterocycles. The summed E-state index contributed by atoms with van der Waals surface area (Å²) in [4.78, 5) is 23.6. The van der Waals surface area contributed by atoms with Crippen LogP contribution in [0.5, 0.6) is 11.5 Å². The first kappa shape index (κ1) is 26.6. The van der Waals surface area contributed by atoms with E-state index in [4.69, 9.17) is 9.47 Å². The van der Waals surface area contributed by atoms with Crippen LogP contribution in [0.15, 0.2) is 78.4 Å². The third kappa shape index (κ3) is 6.43. The Morgan fingerprint density at radius 3 is 2.63 bits per heavy atom. The van der Waals surface area contributed by atoms with Gasteiger partial charge in [0.2, 0.25) is 0 Å². The van der Waals surface area contributed by atoms with Crippen molar-refractivity contribution in [2.75, 3.05) is 6.61 Å². The molecule has 0 unspecified atom stereocenters. The molecule has 38 heavy (non-hydrogen) atoms. The van der Waals surface area contributed by atoms with Crippen molar-refractivity contribution in [3.8, 4) is 11.5 Å². The van der Waals surface area contributed by atoms with Crippen molar-refractivity contribution in [2.45, 2.75) is 26.9 Å². The summed E-state index contributed by atoms with van der Waals surface area (Å²) in [6.07, 6.45) is 3.89. The lowest BCUT2D eigenvalue weighted by atomic mass is 10.1. The lowest BCUT2D eigenvalue weighted by Crippen LogP contribution is -2.16. The number of carbonyl (C=O) groups excluding carboxylic acids is 1. The molecule has 1 N–H and O–H groups in total. The number of ether oxygens (including phenoxy) is 2. The summed E-state index contributed by atoms with van der Waals surface area (Å²) < 4.78 is 12.8. The maximum Gasteiger partial charge on any atom is 0.281 e. The van der Waals surface area contributed by atoms with Crippen LogP contribution in [0, 0.1) is 17.0 Å². The van der Waals surface area contributed by atoms with E-state index in [2.05, 4.69) is 17.1 Å². The van der Waals surface area contributed by atoms with Gasteiger partial charge < -0.3 is 9.47 Å². The lowest BCUT2D eigenvalue weighted by molar-refractivity contribution is -0.384. The van der Waals surface area contributed by atoms with Crippen molar-refractivity contribution >= 4 is 39.2 Å². The number of allylic oxidation sites excluding steroid dienone is 1. The molecule has 0 saturated carbocycles. The van der Waals surface area contributed by atoms with Crippen molar-refractivity contribution in [1.82, 2.24) is 5.43 Å². The maximum absolute atomic E-state index is 12.7. The molecule has 0 fully saturated rings. The zero-order chi connectivity index (χ0) is 27.1. The highest BCUT2D eigenvalue weighted by atomic mass is 32.1. The highest BCUT2D eigenvalue weighted by molar-refractivity contribution is 7.20. The predicted molar refractivity (Wildman–Crippen MR) is 151 cm³/mol. The molecular formula is C29H27N3O5S. The van der Waals surface area contributed by atoms with E-state index < -0.39 is 10.8 Å². The van der Waals surface area contributed by atoms with Crippen LogP contribution in [0.25, 0.3) is 10.1 Å². The number of hydrogen-bond donors (Lipinski definition) is 1. The Morgan fingerprint density at radius 2 is 1.92 bits per heavy atom. The topological polar surface area (TPSA) is 103 Å². The van der Waals surface area contributed by atoms with E-state index in [1.165, 1.54) is 35.2 Å². The number of fused-ring (bicyclic) bond motifs is 1. The van der Waals surface area contributed by atoms with Crippen LogP contribution in [0.1, 0.15) is 38.8 Å². The van der Waals surface area contributed by atoms with Crippen molar-refractivity contribution in [3.63, 3.8) is 0 Å². The molecular weight excluding hydrogens is 502 g/mol. The number of nitrogens with zero attached hydrogens (tertiary/aromatic N) is 2. The number of hydrazone groups is 1. The molecule has 1 aromatic heterocycles. The SMILES string of the molecule is C=CCc1cc(/C=N\NC(=O)c2cc3cc([N+](=O)[O-])ccc3s2)cc(OCC)c1OCc1ccc(C)cc1. The molecule has 0 spiro atoms. The molecule has 1 heterocycles. The standard InChI is InChI=1S/C29H27N3O5S/c1-4-6-22-13-21(14-25(36-5-2)28(22)37-18-20-9-7-19(3)8-10-20)17-30-31-29(33)27-16-23-15-24(32(34)35)11-12-26(23)38-27/h4,7-17H,1,5-6,18H2,2-3H3,(H,31,33)/b30-17-. The first-order valence-electron chi connectivity index (χ1n) is 12.0. The van der Waals surface area contributed by atoms with Gasteiger partial charge in [-0.1, -0.05) is 35.9 Å². The molecule has 4 aromatic rings. The summed E-state index contributed by atoms with van der Waals surface area (Å²) >= 11 is 1.24. The molecule has 0 radical (unpaired) electrons. The van der Waals surface area contributed by atoms with Crippen LogP contribution < -0.4 is 14.9 Å². The van der Waals surface area contributed by atoms with Crippen LogP contribution in [0.2, 0.25) is 0 Å². The highest BCUT2D eigenvalue weighted by Gasteiger charge is 2.15. The average Bonchev–Trinajstić information content (AvgIpc) is 3.33. The molecule has 0 atom stereocenters. The quantitative estimate of drug-likeness (QED) is 0.102. The van der Waals surface area contributed by atoms with Gasteiger partial charge in [0, 0.05) is 27.8 Å². The normalized spacial score (nSPS) is 11.0. The number of nitro groups is 1. The number of rotatable bonds is 11. The summed E-state index contributed by atoms with van der Waals surface area (Å²) in [6.45, 7) is 8.65. The molecule has 4 rings (SSSR count). The van der Waals surface area contributed by atoms with Crippen molar-refractivity contribution in [2.24, 2.45) is 5.10 Å². The number of benzene rings is 3. The lowest BCUT2D eigenvalue weighted by Gasteiger charge is -2.17. The third-order valence-electron chi connectivity index (χ3n) is 5.64. The smallest absolute Gasteiger partial charge is 0.281 e. The Balaban J connectivity index is 1.51. The zero-order valence-electron chi connectivity index (χ0n) is 21.1. The zero-order valence-corrected chi connectivity index (χ0v) is 21.9. The number of carbonyl (C=O) groups is 1. The van der Waals surface area contributed by atoms with E-state index in [-0.39, 0.29) is 5.69 Å². The first-order chi connectivity index (χ1) is 18.4. The molecule has 0 bridgehead atoms. The molecule has 0 aliphatic heterocycles. The molecule has 0 aliphatic rings. The molecule has 0 aliphatic carbocycles. The molecule has 194 valence electrons. The van der Waals surface area contributed by atoms with Crippen LogP contribution in [0.4, 0.5) is 5.69 Å². The summed E-state index contributed by atoms with van der Waals surface area (Å²) in [5.41, 5.74) is 6.35. The van der Waals surface area contributed by atoms with Gasteiger partial charge in [-0.2, -0.15) is 5.10 Å². The van der Waals surface area contributed by atoms with Crippen molar-refractivity contribution < 1.29 is 19.2 Å². The van der Waals surface area contributed by atoms with E-state index in [1.807, 2.05) is 50.2 Å². The monoisotopic (exact) mass is 529 g/mol. The fraction of sp³-hybridized carbons (Fsp3) is 0.172. The van der Waals surface area contributed by atoms with Gasteiger partial charge >= 0.3 is 0 Å². The van der Waals surface area contributed by atoms with Gasteiger partial charge in [-0.15, -0.1) is 17.9 Å². The molecule has 1 amide bonds. The number of nitro benzene ring substituents is 1. The second-order valence-electron chi connectivity index (χ2n) is 8.50. The van der Waals surface area contributed by atoms with Crippen molar-refractivity contribution in [1.29, 1.82) is 0 Å². The Labute approximate surface area is 224 Å². The van der Waals surface area contributed by atoms with Crippen molar-refractivity contribution in [3.05, 3.63) is 111 Å². The minimum Gasteiger partial charge on any atom is -0.490 e. The molecule has 9 heteroatoms. The Morgan fingerprint density at radius 1 is 1.13 bits per heavy atom. The predicted octanol–water partition coefficient (Wildman–Crippen LogP) is 6.59. The van der Waals surface area contributed by atoms with E-state index >= 15 is 0 Å². The number of aryl methyl sites for hydroxylation is 1. The van der Waals surface area contributed by atoms with E-state index in [9.17, 15) is 14.9 Å². The van der Waals surface area contributed by atoms with Crippen LogP contribution >= 0.6 is 11.3 Å². The van der Waals surface area contributed by atoms with Gasteiger partial charge in [0.05, 0.1) is 22.6 Å². The van der Waals surface area contributed by atoms with Crippen LogP contribution in [0.3, 0.4) is 0 Å². The summed E-state index contributed by atoms with van der Waals surface area (Å²) in [5, 5.41) is 15.8. The van der Waals surface area contributed by atoms with Gasteiger partial charge in [0.15, 0.2) is 11.5 Å². The second kappa shape index (κ2) is 12.2. The summed E-state index contributed by atoms with van der Waals surface area (Å²) in [7, 11) is 0. The summed E-state index contributed by atoms with van der Waals surface area (Å²) in [6, 6.07) is 18.0. The van der Waals surface area contributed by atoms with E-state index in [0.717, 1.165) is 21.4 Å². The Hall–Kier alpha value is -4.50. The van der Waals surface area contributed by atoms with Gasteiger partial charge in [-0.3, -0.25) is 14.9 Å². The van der Waals surface area contributed by atoms with E-state index in [1.54, 1.807) is 18.2 Å². The Kier molecular flexibility index (Phi) is 8.50. The number of thiophene rings is 1. The minimum atomic E-state index is -0.461. The number of hydrogen-bond acceptors (Lipinski definition) is 7. The number of non-ortho nitro benzene ring substituents is 1. The molecule has 3 aromatic carbocycles. The Bertz CT molecular complexity index is 1510. The van der Waals surface area contributed by atoms with Gasteiger partial charge in [0.1, 0.15) is 6.61 Å². The van der Waals surface area contributed by atoms with Crippen LogP contribution in [-0.4, -0.2) is 23.7 Å². The van der Waals surface area contributed by atoms with E-state index in [0.29, 0.717) is 41.4 Å². The van der Waals surface area contributed by atoms with Crippen LogP contribution in [-0.2, 0) is 13.0 Å². The van der Waals surface area contributed by atoms with Gasteiger partial charge in [-0.05, 0) is 55.7 Å². The number of amides is 1. The maximum atomic E-state index is 12.7. The number of nitrogens with one attached hydrogen (secondary N) is 1. The fourth-order valence-electron chi connectivity index (χ4n) is 3.81.